The number of hydrogen-bond donors (Lipinski definition) is 2. The molecular formula is C22H18N2O3S. The van der Waals surface area contributed by atoms with E-state index in [0.29, 0.717) is 16.9 Å². The van der Waals surface area contributed by atoms with Crippen LogP contribution in [0.15, 0.2) is 53.9 Å². The summed E-state index contributed by atoms with van der Waals surface area (Å²) in [4.78, 5) is 24.9. The Morgan fingerprint density at radius 3 is 2.71 bits per heavy atom. The van der Waals surface area contributed by atoms with Crippen molar-refractivity contribution < 1.29 is 14.3 Å². The highest BCUT2D eigenvalue weighted by atomic mass is 32.1. The van der Waals surface area contributed by atoms with Crippen LogP contribution in [0.5, 0.6) is 5.75 Å². The third kappa shape index (κ3) is 3.42. The van der Waals surface area contributed by atoms with Gasteiger partial charge in [0.2, 0.25) is 5.91 Å². The minimum absolute atomic E-state index is 0.153. The molecule has 0 spiro atoms. The minimum atomic E-state index is -0.163. The normalized spacial score (nSPS) is 13.9. The number of fused-ring (bicyclic) bond motifs is 1. The van der Waals surface area contributed by atoms with E-state index in [2.05, 4.69) is 10.6 Å². The van der Waals surface area contributed by atoms with Crippen molar-refractivity contribution in [2.45, 2.75) is 6.92 Å². The van der Waals surface area contributed by atoms with Gasteiger partial charge in [-0.05, 0) is 47.4 Å². The summed E-state index contributed by atoms with van der Waals surface area (Å²) in [5, 5.41) is 7.61. The number of methoxy groups -OCH3 is 1. The topological polar surface area (TPSA) is 67.4 Å². The van der Waals surface area contributed by atoms with E-state index in [-0.39, 0.29) is 11.8 Å². The van der Waals surface area contributed by atoms with Gasteiger partial charge in [0.25, 0.3) is 5.91 Å². The molecule has 1 aliphatic rings. The second kappa shape index (κ2) is 7.32. The quantitative estimate of drug-likeness (QED) is 0.624. The first-order valence-electron chi connectivity index (χ1n) is 8.72. The number of carbonyl (C=O) groups is 2. The lowest BCUT2D eigenvalue weighted by molar-refractivity contribution is -0.114. The Labute approximate surface area is 166 Å². The molecule has 4 rings (SSSR count). The van der Waals surface area contributed by atoms with Crippen LogP contribution in [0.25, 0.3) is 22.1 Å². The molecule has 2 heterocycles. The van der Waals surface area contributed by atoms with Gasteiger partial charge in [0.15, 0.2) is 0 Å². The summed E-state index contributed by atoms with van der Waals surface area (Å²) in [6, 6.07) is 15.3. The van der Waals surface area contributed by atoms with E-state index in [1.807, 2.05) is 47.9 Å². The fourth-order valence-corrected chi connectivity index (χ4v) is 3.97. The lowest BCUT2D eigenvalue weighted by atomic mass is 10.0. The molecule has 5 nitrogen and oxygen atoms in total. The van der Waals surface area contributed by atoms with Crippen molar-refractivity contribution in [2.75, 3.05) is 17.7 Å². The van der Waals surface area contributed by atoms with Gasteiger partial charge in [0.1, 0.15) is 5.75 Å². The predicted octanol–water partition coefficient (Wildman–Crippen LogP) is 4.87. The number of nitrogens with one attached hydrogen (secondary N) is 2. The highest BCUT2D eigenvalue weighted by Crippen LogP contribution is 2.37. The van der Waals surface area contributed by atoms with E-state index in [9.17, 15) is 9.59 Å². The standard InChI is InChI=1S/C22H18N2O3S/c1-13(25)23-15-6-7-16-17(22(26)24-19(16)12-15)10-14-5-8-20(27-2)18(11-14)21-4-3-9-28-21/h3-12H,1-2H3,(H,23,25)(H,24,26). The van der Waals surface area contributed by atoms with Crippen molar-refractivity contribution in [2.24, 2.45) is 0 Å². The molecule has 2 N–H and O–H groups in total. The molecule has 6 heteroatoms. The summed E-state index contributed by atoms with van der Waals surface area (Å²) < 4.78 is 5.49. The van der Waals surface area contributed by atoms with Gasteiger partial charge in [-0.2, -0.15) is 0 Å². The van der Waals surface area contributed by atoms with E-state index in [1.165, 1.54) is 6.92 Å². The average molecular weight is 390 g/mol. The van der Waals surface area contributed by atoms with Crippen molar-refractivity contribution in [1.29, 1.82) is 0 Å². The molecule has 0 aliphatic carbocycles. The second-order valence-electron chi connectivity index (χ2n) is 6.39. The van der Waals surface area contributed by atoms with Crippen molar-refractivity contribution in [3.8, 4) is 16.2 Å². The minimum Gasteiger partial charge on any atom is -0.496 e. The van der Waals surface area contributed by atoms with Crippen LogP contribution in [0.2, 0.25) is 0 Å². The third-order valence-electron chi connectivity index (χ3n) is 4.44. The highest BCUT2D eigenvalue weighted by Gasteiger charge is 2.24. The summed E-state index contributed by atoms with van der Waals surface area (Å²) in [7, 11) is 1.65. The average Bonchev–Trinajstić information content (AvgIpc) is 3.30. The van der Waals surface area contributed by atoms with Gasteiger partial charge in [0, 0.05) is 34.2 Å². The van der Waals surface area contributed by atoms with Gasteiger partial charge in [-0.1, -0.05) is 18.2 Å². The SMILES string of the molecule is COc1ccc(C=C2C(=O)Nc3cc(NC(C)=O)ccc32)cc1-c1cccs1. The molecule has 0 saturated carbocycles. The summed E-state index contributed by atoms with van der Waals surface area (Å²) in [6.07, 6.45) is 1.87. The number of anilines is 2. The molecule has 0 fully saturated rings. The Morgan fingerprint density at radius 2 is 2.00 bits per heavy atom. The van der Waals surface area contributed by atoms with Crippen LogP contribution >= 0.6 is 11.3 Å². The van der Waals surface area contributed by atoms with E-state index >= 15 is 0 Å². The van der Waals surface area contributed by atoms with Crippen LogP contribution in [0.1, 0.15) is 18.1 Å². The fraction of sp³-hybridized carbons (Fsp3) is 0.0909. The van der Waals surface area contributed by atoms with Gasteiger partial charge in [-0.25, -0.2) is 0 Å². The van der Waals surface area contributed by atoms with Crippen molar-refractivity contribution in [3.05, 3.63) is 65.0 Å². The molecule has 0 unspecified atom stereocenters. The van der Waals surface area contributed by atoms with Crippen molar-refractivity contribution in [3.63, 3.8) is 0 Å². The molecule has 0 atom stereocenters. The maximum absolute atomic E-state index is 12.5. The first-order chi connectivity index (χ1) is 13.5. The molecule has 0 saturated heterocycles. The molecule has 140 valence electrons. The highest BCUT2D eigenvalue weighted by molar-refractivity contribution is 7.13. The smallest absolute Gasteiger partial charge is 0.256 e. The Hall–Kier alpha value is -3.38. The first-order valence-corrected chi connectivity index (χ1v) is 9.60. The number of amides is 2. The van der Waals surface area contributed by atoms with Gasteiger partial charge in [0.05, 0.1) is 12.8 Å². The van der Waals surface area contributed by atoms with Crippen molar-refractivity contribution >= 4 is 46.2 Å². The second-order valence-corrected chi connectivity index (χ2v) is 7.34. The zero-order valence-electron chi connectivity index (χ0n) is 15.4. The molecule has 1 aliphatic heterocycles. The van der Waals surface area contributed by atoms with Crippen LogP contribution in [-0.4, -0.2) is 18.9 Å². The molecule has 28 heavy (non-hydrogen) atoms. The van der Waals surface area contributed by atoms with E-state index in [0.717, 1.165) is 27.3 Å². The maximum atomic E-state index is 12.5. The Balaban J connectivity index is 1.73. The zero-order chi connectivity index (χ0) is 19.7. The number of rotatable bonds is 4. The Kier molecular flexibility index (Phi) is 4.71. The van der Waals surface area contributed by atoms with Crippen LogP contribution in [0, 0.1) is 0 Å². The summed E-state index contributed by atoms with van der Waals surface area (Å²) in [5.41, 5.74) is 4.64. The van der Waals surface area contributed by atoms with Crippen LogP contribution in [0.4, 0.5) is 11.4 Å². The van der Waals surface area contributed by atoms with E-state index in [4.69, 9.17) is 4.74 Å². The number of thiophene rings is 1. The molecule has 2 aromatic carbocycles. The summed E-state index contributed by atoms with van der Waals surface area (Å²) in [5.74, 6) is 0.476. The van der Waals surface area contributed by atoms with Gasteiger partial charge in [-0.15, -0.1) is 11.3 Å². The van der Waals surface area contributed by atoms with Crippen molar-refractivity contribution in [1.82, 2.24) is 0 Å². The van der Waals surface area contributed by atoms with Gasteiger partial charge < -0.3 is 15.4 Å². The molecule has 0 bridgehead atoms. The van der Waals surface area contributed by atoms with Gasteiger partial charge >= 0.3 is 0 Å². The lowest BCUT2D eigenvalue weighted by Gasteiger charge is -2.08. The van der Waals surface area contributed by atoms with Crippen LogP contribution in [-0.2, 0) is 9.59 Å². The molecular weight excluding hydrogens is 372 g/mol. The molecule has 0 radical (unpaired) electrons. The fourth-order valence-electron chi connectivity index (χ4n) is 3.23. The van der Waals surface area contributed by atoms with Crippen LogP contribution < -0.4 is 15.4 Å². The molecule has 3 aromatic rings. The number of hydrogen-bond acceptors (Lipinski definition) is 4. The number of carbonyl (C=O) groups excluding carboxylic acids is 2. The monoisotopic (exact) mass is 390 g/mol. The lowest BCUT2D eigenvalue weighted by Crippen LogP contribution is -2.06. The Bertz CT molecular complexity index is 1100. The molecule has 2 amide bonds. The number of benzene rings is 2. The number of ether oxygens (including phenoxy) is 1. The van der Waals surface area contributed by atoms with E-state index < -0.39 is 0 Å². The van der Waals surface area contributed by atoms with Gasteiger partial charge in [-0.3, -0.25) is 9.59 Å². The third-order valence-corrected chi connectivity index (χ3v) is 5.35. The largest absolute Gasteiger partial charge is 0.496 e. The maximum Gasteiger partial charge on any atom is 0.256 e. The Morgan fingerprint density at radius 1 is 1.14 bits per heavy atom. The predicted molar refractivity (Wildman–Crippen MR) is 114 cm³/mol. The van der Waals surface area contributed by atoms with E-state index in [1.54, 1.807) is 30.6 Å². The summed E-state index contributed by atoms with van der Waals surface area (Å²) >= 11 is 1.64. The summed E-state index contributed by atoms with van der Waals surface area (Å²) in [6.45, 7) is 1.45. The molecule has 1 aromatic heterocycles. The first kappa shape index (κ1) is 18.0. The zero-order valence-corrected chi connectivity index (χ0v) is 16.2. The van der Waals surface area contributed by atoms with Crippen LogP contribution in [0.3, 0.4) is 0 Å².